The molecule has 1 saturated heterocycles. The predicted molar refractivity (Wildman–Crippen MR) is 131 cm³/mol. The van der Waals surface area contributed by atoms with E-state index in [1.807, 2.05) is 48.5 Å². The fourth-order valence-corrected chi connectivity index (χ4v) is 5.15. The number of rotatable bonds is 5. The Labute approximate surface area is 198 Å². The highest BCUT2D eigenvalue weighted by Gasteiger charge is 2.30. The zero-order valence-corrected chi connectivity index (χ0v) is 20.2. The maximum Gasteiger partial charge on any atom is 0.216 e. The first-order valence-electron chi connectivity index (χ1n) is 10.4. The van der Waals surface area contributed by atoms with E-state index in [4.69, 9.17) is 33.2 Å². The van der Waals surface area contributed by atoms with E-state index in [9.17, 15) is 8.42 Å². The topological polar surface area (TPSA) is 66.4 Å². The number of anilines is 1. The molecule has 32 heavy (non-hydrogen) atoms. The van der Waals surface area contributed by atoms with E-state index in [0.717, 1.165) is 22.5 Å². The highest BCUT2D eigenvalue weighted by atomic mass is 35.5. The minimum absolute atomic E-state index is 0.427. The van der Waals surface area contributed by atoms with Gasteiger partial charge >= 0.3 is 0 Å². The summed E-state index contributed by atoms with van der Waals surface area (Å²) in [7, 11) is -3.26. The van der Waals surface area contributed by atoms with Gasteiger partial charge in [0.15, 0.2) is 0 Å². The summed E-state index contributed by atoms with van der Waals surface area (Å²) < 4.78 is 26.5. The second-order valence-electron chi connectivity index (χ2n) is 7.92. The van der Waals surface area contributed by atoms with Crippen LogP contribution in [0.5, 0.6) is 0 Å². The normalized spacial score (nSPS) is 15.3. The molecule has 4 rings (SSSR count). The van der Waals surface area contributed by atoms with Crippen molar-refractivity contribution in [3.63, 3.8) is 0 Å². The van der Waals surface area contributed by atoms with Crippen molar-refractivity contribution >= 4 is 39.0 Å². The van der Waals surface area contributed by atoms with Crippen molar-refractivity contribution < 1.29 is 8.42 Å². The summed E-state index contributed by atoms with van der Waals surface area (Å²) in [6.07, 6.45) is 1.75. The maximum absolute atomic E-state index is 12.5. The number of hydrogen-bond acceptors (Lipinski definition) is 5. The first-order chi connectivity index (χ1) is 15.3. The minimum Gasteiger partial charge on any atom is -0.353 e. The summed E-state index contributed by atoms with van der Waals surface area (Å²) in [5.74, 6) is 0.717. The van der Waals surface area contributed by atoms with Crippen molar-refractivity contribution in [2.24, 2.45) is 0 Å². The Morgan fingerprint density at radius 3 is 1.81 bits per heavy atom. The van der Waals surface area contributed by atoms with Crippen LogP contribution < -0.4 is 4.90 Å². The average molecular weight is 491 g/mol. The third kappa shape index (κ3) is 4.76. The fraction of sp³-hybridized carbons (Fsp3) is 0.304. The number of sulfonamides is 1. The van der Waals surface area contributed by atoms with Gasteiger partial charge in [0.05, 0.1) is 22.8 Å². The number of halogens is 2. The second kappa shape index (κ2) is 9.35. The predicted octanol–water partition coefficient (Wildman–Crippen LogP) is 4.98. The maximum atomic E-state index is 12.5. The molecule has 0 unspecified atom stereocenters. The Hall–Kier alpha value is -2.19. The summed E-state index contributed by atoms with van der Waals surface area (Å²) in [6, 6.07) is 15.0. The van der Waals surface area contributed by atoms with Crippen molar-refractivity contribution in [2.45, 2.75) is 19.1 Å². The number of nitrogens with zero attached hydrogens (tertiary/aromatic N) is 4. The third-order valence-electron chi connectivity index (χ3n) is 5.51. The van der Waals surface area contributed by atoms with Gasteiger partial charge in [-0.3, -0.25) is 4.98 Å². The molecule has 168 valence electrons. The van der Waals surface area contributed by atoms with Crippen LogP contribution >= 0.6 is 23.2 Å². The molecule has 0 N–H and O–H groups in total. The van der Waals surface area contributed by atoms with Crippen LogP contribution in [0.3, 0.4) is 0 Å². The highest BCUT2D eigenvalue weighted by Crippen LogP contribution is 2.32. The standard InChI is InChI=1S/C23H24Cl2N4O2S/c1-16(2)32(30,31)29-13-11-28(12-14-29)21-15-26-22(17-3-7-19(24)8-4-17)23(27-21)18-5-9-20(25)10-6-18/h3-10,15-16H,11-14H2,1-2H3. The minimum atomic E-state index is -3.26. The molecule has 0 bridgehead atoms. The number of benzene rings is 2. The van der Waals surface area contributed by atoms with Crippen molar-refractivity contribution in [3.8, 4) is 22.5 Å². The van der Waals surface area contributed by atoms with Crippen LogP contribution in [0.1, 0.15) is 13.8 Å². The molecule has 1 aromatic heterocycles. The van der Waals surface area contributed by atoms with Gasteiger partial charge in [0, 0.05) is 47.4 Å². The van der Waals surface area contributed by atoms with Crippen LogP contribution in [0.25, 0.3) is 22.5 Å². The molecular weight excluding hydrogens is 467 g/mol. The van der Waals surface area contributed by atoms with Crippen LogP contribution in [0.15, 0.2) is 54.7 Å². The van der Waals surface area contributed by atoms with Gasteiger partial charge < -0.3 is 4.90 Å². The summed E-state index contributed by atoms with van der Waals surface area (Å²) >= 11 is 12.1. The Bertz CT molecular complexity index is 1190. The molecule has 0 saturated carbocycles. The monoisotopic (exact) mass is 490 g/mol. The first kappa shape index (κ1) is 23.0. The van der Waals surface area contributed by atoms with Gasteiger partial charge in [-0.1, -0.05) is 47.5 Å². The SMILES string of the molecule is CC(C)S(=O)(=O)N1CCN(c2cnc(-c3ccc(Cl)cc3)c(-c3ccc(Cl)cc3)n2)CC1. The Morgan fingerprint density at radius 2 is 1.31 bits per heavy atom. The Kier molecular flexibility index (Phi) is 6.72. The van der Waals surface area contributed by atoms with Gasteiger partial charge in [0.1, 0.15) is 5.82 Å². The molecular formula is C23H24Cl2N4O2S. The smallest absolute Gasteiger partial charge is 0.216 e. The lowest BCUT2D eigenvalue weighted by atomic mass is 10.0. The van der Waals surface area contributed by atoms with E-state index in [1.165, 1.54) is 0 Å². The van der Waals surface area contributed by atoms with Gasteiger partial charge in [-0.05, 0) is 38.1 Å². The Balaban J connectivity index is 1.67. The average Bonchev–Trinajstić information content (AvgIpc) is 2.80. The van der Waals surface area contributed by atoms with Crippen molar-refractivity contribution in [1.82, 2.24) is 14.3 Å². The van der Waals surface area contributed by atoms with Gasteiger partial charge in [-0.15, -0.1) is 0 Å². The molecule has 0 amide bonds. The highest BCUT2D eigenvalue weighted by molar-refractivity contribution is 7.89. The zero-order valence-electron chi connectivity index (χ0n) is 17.9. The van der Waals surface area contributed by atoms with Crippen LogP contribution in [-0.2, 0) is 10.0 Å². The van der Waals surface area contributed by atoms with Crippen molar-refractivity contribution in [1.29, 1.82) is 0 Å². The molecule has 0 spiro atoms. The molecule has 1 aliphatic rings. The van der Waals surface area contributed by atoms with Crippen molar-refractivity contribution in [2.75, 3.05) is 31.1 Å². The van der Waals surface area contributed by atoms with E-state index in [2.05, 4.69) is 4.90 Å². The molecule has 2 heterocycles. The zero-order chi connectivity index (χ0) is 22.9. The largest absolute Gasteiger partial charge is 0.353 e. The molecule has 3 aromatic rings. The van der Waals surface area contributed by atoms with Gasteiger partial charge in [-0.2, -0.15) is 4.31 Å². The van der Waals surface area contributed by atoms with Gasteiger partial charge in [0.2, 0.25) is 10.0 Å². The fourth-order valence-electron chi connectivity index (χ4n) is 3.63. The third-order valence-corrected chi connectivity index (χ3v) is 8.29. The first-order valence-corrected chi connectivity index (χ1v) is 12.6. The molecule has 0 radical (unpaired) electrons. The van der Waals surface area contributed by atoms with Crippen LogP contribution in [-0.4, -0.2) is 54.1 Å². The van der Waals surface area contributed by atoms with E-state index in [1.54, 1.807) is 24.3 Å². The lowest BCUT2D eigenvalue weighted by Crippen LogP contribution is -2.50. The summed E-state index contributed by atoms with van der Waals surface area (Å²) in [6.45, 7) is 5.39. The lowest BCUT2D eigenvalue weighted by molar-refractivity contribution is 0.380. The lowest BCUT2D eigenvalue weighted by Gasteiger charge is -2.35. The van der Waals surface area contributed by atoms with Gasteiger partial charge in [-0.25, -0.2) is 13.4 Å². The molecule has 1 aliphatic heterocycles. The number of piperazine rings is 1. The quantitative estimate of drug-likeness (QED) is 0.504. The van der Waals surface area contributed by atoms with E-state index in [0.29, 0.717) is 42.0 Å². The van der Waals surface area contributed by atoms with Crippen LogP contribution in [0, 0.1) is 0 Å². The van der Waals surface area contributed by atoms with E-state index in [-0.39, 0.29) is 0 Å². The molecule has 0 atom stereocenters. The number of hydrogen-bond donors (Lipinski definition) is 0. The molecule has 9 heteroatoms. The molecule has 1 fully saturated rings. The number of aromatic nitrogens is 2. The molecule has 6 nitrogen and oxygen atoms in total. The van der Waals surface area contributed by atoms with E-state index >= 15 is 0 Å². The van der Waals surface area contributed by atoms with E-state index < -0.39 is 15.3 Å². The Morgan fingerprint density at radius 1 is 0.812 bits per heavy atom. The van der Waals surface area contributed by atoms with Crippen LogP contribution in [0.2, 0.25) is 10.0 Å². The summed E-state index contributed by atoms with van der Waals surface area (Å²) in [4.78, 5) is 11.7. The van der Waals surface area contributed by atoms with Gasteiger partial charge in [0.25, 0.3) is 0 Å². The van der Waals surface area contributed by atoms with Crippen molar-refractivity contribution in [3.05, 3.63) is 64.8 Å². The molecule has 2 aromatic carbocycles. The van der Waals surface area contributed by atoms with Crippen LogP contribution in [0.4, 0.5) is 5.82 Å². The molecule has 0 aliphatic carbocycles. The summed E-state index contributed by atoms with van der Waals surface area (Å²) in [5, 5.41) is 0.873. The second-order valence-corrected chi connectivity index (χ2v) is 11.3. The summed E-state index contributed by atoms with van der Waals surface area (Å²) in [5.41, 5.74) is 3.29.